The number of carboxylic acid groups (broad SMARTS) is 1. The van der Waals surface area contributed by atoms with Crippen LogP contribution in [0.3, 0.4) is 0 Å². The summed E-state index contributed by atoms with van der Waals surface area (Å²) >= 11 is 1.57. The van der Waals surface area contributed by atoms with Crippen LogP contribution in [0.5, 0.6) is 0 Å². The molecule has 0 amide bonds. The van der Waals surface area contributed by atoms with Gasteiger partial charge in [0.2, 0.25) is 0 Å². The zero-order chi connectivity index (χ0) is 13.9. The van der Waals surface area contributed by atoms with Crippen LogP contribution in [0.1, 0.15) is 31.4 Å². The number of imidazole rings is 1. The number of carbonyl (C=O) groups is 1. The number of aromatic nitrogens is 2. The summed E-state index contributed by atoms with van der Waals surface area (Å²) in [6, 6.07) is 0. The van der Waals surface area contributed by atoms with E-state index in [0.29, 0.717) is 0 Å². The molecule has 1 aliphatic rings. The smallest absolute Gasteiger partial charge is 0.328 e. The first kappa shape index (κ1) is 13.2. The summed E-state index contributed by atoms with van der Waals surface area (Å²) < 4.78 is 1.96. The molecule has 3 rings (SSSR count). The third-order valence-corrected chi connectivity index (χ3v) is 4.33. The fraction of sp³-hybridized carbons (Fsp3) is 0.429. The van der Waals surface area contributed by atoms with E-state index in [4.69, 9.17) is 5.11 Å². The van der Waals surface area contributed by atoms with Crippen LogP contribution in [-0.2, 0) is 4.79 Å². The fourth-order valence-corrected chi connectivity index (χ4v) is 3.33. The Bertz CT molecular complexity index is 636. The van der Waals surface area contributed by atoms with Crippen molar-refractivity contribution < 1.29 is 9.90 Å². The highest BCUT2D eigenvalue weighted by Gasteiger charge is 2.18. The van der Waals surface area contributed by atoms with Crippen molar-refractivity contribution in [3.05, 3.63) is 23.3 Å². The van der Waals surface area contributed by atoms with Gasteiger partial charge >= 0.3 is 5.97 Å². The minimum atomic E-state index is -0.933. The second kappa shape index (κ2) is 5.66. The fourth-order valence-electron chi connectivity index (χ4n) is 2.61. The van der Waals surface area contributed by atoms with Crippen molar-refractivity contribution in [1.82, 2.24) is 9.38 Å². The van der Waals surface area contributed by atoms with Gasteiger partial charge in [-0.3, -0.25) is 4.40 Å². The molecule has 6 heteroatoms. The second-order valence-corrected chi connectivity index (χ2v) is 5.82. The van der Waals surface area contributed by atoms with E-state index in [0.717, 1.165) is 29.6 Å². The van der Waals surface area contributed by atoms with Gasteiger partial charge in [-0.2, -0.15) is 0 Å². The van der Waals surface area contributed by atoms with Crippen molar-refractivity contribution in [2.24, 2.45) is 0 Å². The van der Waals surface area contributed by atoms with Crippen molar-refractivity contribution in [3.63, 3.8) is 0 Å². The molecule has 0 unspecified atom stereocenters. The van der Waals surface area contributed by atoms with Crippen molar-refractivity contribution in [2.75, 3.05) is 18.0 Å². The zero-order valence-corrected chi connectivity index (χ0v) is 12.0. The summed E-state index contributed by atoms with van der Waals surface area (Å²) in [4.78, 5) is 18.7. The van der Waals surface area contributed by atoms with Crippen molar-refractivity contribution >= 4 is 34.2 Å². The maximum Gasteiger partial charge on any atom is 0.328 e. The third-order valence-electron chi connectivity index (χ3n) is 3.57. The van der Waals surface area contributed by atoms with E-state index in [1.807, 2.05) is 16.0 Å². The lowest BCUT2D eigenvalue weighted by Gasteiger charge is -2.20. The quantitative estimate of drug-likeness (QED) is 0.883. The highest BCUT2D eigenvalue weighted by atomic mass is 32.1. The number of rotatable bonds is 3. The number of aliphatic carboxylic acids is 1. The molecule has 2 aromatic rings. The molecule has 3 heterocycles. The Hall–Kier alpha value is -1.82. The highest BCUT2D eigenvalue weighted by Crippen LogP contribution is 2.27. The molecule has 2 aromatic heterocycles. The molecule has 1 aliphatic heterocycles. The molecule has 0 radical (unpaired) electrons. The van der Waals surface area contributed by atoms with Crippen LogP contribution in [0.4, 0.5) is 5.82 Å². The zero-order valence-electron chi connectivity index (χ0n) is 11.2. The van der Waals surface area contributed by atoms with E-state index in [-0.39, 0.29) is 0 Å². The molecule has 106 valence electrons. The Labute approximate surface area is 121 Å². The van der Waals surface area contributed by atoms with Gasteiger partial charge in [0.05, 0.1) is 5.69 Å². The first-order valence-corrected chi connectivity index (χ1v) is 7.75. The summed E-state index contributed by atoms with van der Waals surface area (Å²) in [5.74, 6) is -0.0201. The predicted octanol–water partition coefficient (Wildman–Crippen LogP) is 2.87. The Kier molecular flexibility index (Phi) is 3.73. The minimum Gasteiger partial charge on any atom is -0.478 e. The number of thiazole rings is 1. The standard InChI is InChI=1S/C14H17N3O2S/c18-12(19)6-5-11-13(15-14-17(11)9-10-20-14)16-7-3-1-2-4-8-16/h5-6,9-10H,1-4,7-8H2,(H,18,19)/b6-5+. The minimum absolute atomic E-state index is 0.866. The first-order chi connectivity index (χ1) is 9.75. The number of fused-ring (bicyclic) bond motifs is 1. The summed E-state index contributed by atoms with van der Waals surface area (Å²) in [6.45, 7) is 2.00. The van der Waals surface area contributed by atoms with Gasteiger partial charge in [-0.25, -0.2) is 9.78 Å². The van der Waals surface area contributed by atoms with Crippen molar-refractivity contribution in [2.45, 2.75) is 25.7 Å². The van der Waals surface area contributed by atoms with E-state index in [9.17, 15) is 4.79 Å². The molecule has 1 N–H and O–H groups in total. The molecule has 20 heavy (non-hydrogen) atoms. The first-order valence-electron chi connectivity index (χ1n) is 6.87. The van der Waals surface area contributed by atoms with E-state index < -0.39 is 5.97 Å². The van der Waals surface area contributed by atoms with Crippen LogP contribution in [0, 0.1) is 0 Å². The molecule has 5 nitrogen and oxygen atoms in total. The summed E-state index contributed by atoms with van der Waals surface area (Å²) in [6.07, 6.45) is 9.64. The van der Waals surface area contributed by atoms with Crippen molar-refractivity contribution in [3.8, 4) is 0 Å². The van der Waals surface area contributed by atoms with Gasteiger partial charge in [0.15, 0.2) is 10.8 Å². The summed E-state index contributed by atoms with van der Waals surface area (Å²) in [5, 5.41) is 10.8. The lowest BCUT2D eigenvalue weighted by atomic mass is 10.2. The van der Waals surface area contributed by atoms with Crippen LogP contribution in [0.2, 0.25) is 0 Å². The van der Waals surface area contributed by atoms with E-state index in [2.05, 4.69) is 9.88 Å². The number of hydrogen-bond donors (Lipinski definition) is 1. The molecule has 1 saturated heterocycles. The molecule has 0 atom stereocenters. The molecular weight excluding hydrogens is 274 g/mol. The van der Waals surface area contributed by atoms with Crippen LogP contribution < -0.4 is 4.90 Å². The Balaban J connectivity index is 2.01. The van der Waals surface area contributed by atoms with Gasteiger partial charge in [-0.05, 0) is 18.9 Å². The molecule has 0 spiro atoms. The van der Waals surface area contributed by atoms with Gasteiger partial charge < -0.3 is 10.0 Å². The number of nitrogens with zero attached hydrogens (tertiary/aromatic N) is 3. The highest BCUT2D eigenvalue weighted by molar-refractivity contribution is 7.15. The average molecular weight is 291 g/mol. The van der Waals surface area contributed by atoms with Gasteiger partial charge in [-0.15, -0.1) is 11.3 Å². The van der Waals surface area contributed by atoms with E-state index in [1.54, 1.807) is 17.4 Å². The number of carboxylic acids is 1. The summed E-state index contributed by atoms with van der Waals surface area (Å²) in [7, 11) is 0. The molecule has 0 aromatic carbocycles. The normalized spacial score (nSPS) is 16.9. The lowest BCUT2D eigenvalue weighted by Crippen LogP contribution is -2.25. The van der Waals surface area contributed by atoms with Gasteiger partial charge in [0.25, 0.3) is 0 Å². The van der Waals surface area contributed by atoms with E-state index in [1.165, 1.54) is 31.8 Å². The van der Waals surface area contributed by atoms with Crippen molar-refractivity contribution in [1.29, 1.82) is 0 Å². The maximum absolute atomic E-state index is 10.8. The van der Waals surface area contributed by atoms with Gasteiger partial charge in [0.1, 0.15) is 0 Å². The molecule has 1 fully saturated rings. The van der Waals surface area contributed by atoms with Crippen LogP contribution in [0.15, 0.2) is 17.7 Å². The second-order valence-electron chi connectivity index (χ2n) is 4.95. The van der Waals surface area contributed by atoms with Gasteiger partial charge in [0, 0.05) is 30.7 Å². The Morgan fingerprint density at radius 3 is 2.75 bits per heavy atom. The monoisotopic (exact) mass is 291 g/mol. The number of hydrogen-bond acceptors (Lipinski definition) is 4. The summed E-state index contributed by atoms with van der Waals surface area (Å²) in [5.41, 5.74) is 0.866. The number of anilines is 1. The van der Waals surface area contributed by atoms with Crippen LogP contribution in [0.25, 0.3) is 11.0 Å². The average Bonchev–Trinajstić information content (AvgIpc) is 2.88. The third kappa shape index (κ3) is 2.56. The predicted molar refractivity (Wildman–Crippen MR) is 80.4 cm³/mol. The topological polar surface area (TPSA) is 57.8 Å². The molecular formula is C14H17N3O2S. The Morgan fingerprint density at radius 2 is 2.05 bits per heavy atom. The molecule has 0 saturated carbocycles. The SMILES string of the molecule is O=C(O)/C=C/c1c(N2CCCCCC2)nc2sccn12. The van der Waals surface area contributed by atoms with E-state index >= 15 is 0 Å². The van der Waals surface area contributed by atoms with Crippen LogP contribution in [-0.4, -0.2) is 33.6 Å². The molecule has 0 bridgehead atoms. The molecule has 0 aliphatic carbocycles. The maximum atomic E-state index is 10.8. The largest absolute Gasteiger partial charge is 0.478 e. The Morgan fingerprint density at radius 1 is 1.30 bits per heavy atom. The lowest BCUT2D eigenvalue weighted by molar-refractivity contribution is -0.131. The van der Waals surface area contributed by atoms with Crippen LogP contribution >= 0.6 is 11.3 Å². The van der Waals surface area contributed by atoms with Gasteiger partial charge in [-0.1, -0.05) is 12.8 Å².